The first-order valence-corrected chi connectivity index (χ1v) is 6.39. The molecule has 5 heteroatoms. The molecule has 0 saturated heterocycles. The molecule has 0 saturated carbocycles. The maximum Gasteiger partial charge on any atom is 0.335 e. The van der Waals surface area contributed by atoms with Crippen LogP contribution < -0.4 is 0 Å². The van der Waals surface area contributed by atoms with Gasteiger partial charge in [-0.15, -0.1) is 11.8 Å². The van der Waals surface area contributed by atoms with Crippen LogP contribution >= 0.6 is 23.4 Å². The Morgan fingerprint density at radius 3 is 2.81 bits per heavy atom. The van der Waals surface area contributed by atoms with Crippen molar-refractivity contribution < 1.29 is 9.90 Å². The Hall–Kier alpha value is -0.740. The van der Waals surface area contributed by atoms with Gasteiger partial charge >= 0.3 is 5.97 Å². The Kier molecular flexibility index (Phi) is 5.09. The minimum absolute atomic E-state index is 0.187. The fraction of sp³-hybridized carbons (Fsp3) is 0.455. The van der Waals surface area contributed by atoms with Crippen LogP contribution in [0.15, 0.2) is 17.2 Å². The molecule has 1 N–H and O–H groups in total. The number of carboxylic acid groups (broad SMARTS) is 1. The van der Waals surface area contributed by atoms with Gasteiger partial charge < -0.3 is 5.11 Å². The van der Waals surface area contributed by atoms with E-state index >= 15 is 0 Å². The first-order valence-electron chi connectivity index (χ1n) is 5.02. The number of thioether (sulfide) groups is 1. The highest BCUT2D eigenvalue weighted by Gasteiger charge is 2.08. The van der Waals surface area contributed by atoms with Gasteiger partial charge in [0.1, 0.15) is 5.15 Å². The second kappa shape index (κ2) is 6.11. The highest BCUT2D eigenvalue weighted by Crippen LogP contribution is 2.22. The van der Waals surface area contributed by atoms with Gasteiger partial charge in [0.05, 0.1) is 10.6 Å². The van der Waals surface area contributed by atoms with E-state index in [1.807, 2.05) is 0 Å². The van der Waals surface area contributed by atoms with Crippen LogP contribution in [0, 0.1) is 5.92 Å². The average molecular weight is 260 g/mol. The quantitative estimate of drug-likeness (QED) is 0.649. The van der Waals surface area contributed by atoms with Gasteiger partial charge in [0, 0.05) is 0 Å². The lowest BCUT2D eigenvalue weighted by molar-refractivity contribution is 0.0696. The van der Waals surface area contributed by atoms with Crippen LogP contribution in [0.3, 0.4) is 0 Å². The van der Waals surface area contributed by atoms with E-state index in [1.54, 1.807) is 6.07 Å². The van der Waals surface area contributed by atoms with E-state index in [9.17, 15) is 4.79 Å². The zero-order valence-corrected chi connectivity index (χ0v) is 10.8. The number of carbonyl (C=O) groups is 1. The van der Waals surface area contributed by atoms with Gasteiger partial charge in [0.15, 0.2) is 0 Å². The van der Waals surface area contributed by atoms with Crippen LogP contribution in [0.2, 0.25) is 5.15 Å². The monoisotopic (exact) mass is 259 g/mol. The van der Waals surface area contributed by atoms with Crippen LogP contribution in [0.25, 0.3) is 0 Å². The fourth-order valence-electron chi connectivity index (χ4n) is 1.07. The summed E-state index contributed by atoms with van der Waals surface area (Å²) in [5, 5.41) is 9.75. The summed E-state index contributed by atoms with van der Waals surface area (Å²) in [6, 6.07) is 2.91. The fourth-order valence-corrected chi connectivity index (χ4v) is 2.50. The zero-order chi connectivity index (χ0) is 12.1. The predicted octanol–water partition coefficient (Wildman–Crippen LogP) is 3.57. The van der Waals surface area contributed by atoms with Crippen LogP contribution in [0.4, 0.5) is 0 Å². The van der Waals surface area contributed by atoms with Gasteiger partial charge in [0.25, 0.3) is 0 Å². The Morgan fingerprint density at radius 2 is 2.25 bits per heavy atom. The van der Waals surface area contributed by atoms with Crippen molar-refractivity contribution in [3.05, 3.63) is 22.8 Å². The van der Waals surface area contributed by atoms with E-state index in [1.165, 1.54) is 17.8 Å². The van der Waals surface area contributed by atoms with E-state index in [2.05, 4.69) is 18.8 Å². The molecule has 0 fully saturated rings. The number of nitrogens with zero attached hydrogens (tertiary/aromatic N) is 1. The first kappa shape index (κ1) is 13.3. The number of halogens is 1. The molecule has 1 heterocycles. The molecule has 0 aliphatic carbocycles. The van der Waals surface area contributed by atoms with E-state index < -0.39 is 5.97 Å². The molecule has 0 unspecified atom stereocenters. The largest absolute Gasteiger partial charge is 0.478 e. The molecule has 16 heavy (non-hydrogen) atoms. The average Bonchev–Trinajstić information content (AvgIpc) is 2.16. The molecule has 0 aromatic carbocycles. The summed E-state index contributed by atoms with van der Waals surface area (Å²) in [7, 11) is 0. The highest BCUT2D eigenvalue weighted by atomic mass is 35.5. The molecule has 0 aliphatic heterocycles. The Balaban J connectivity index is 2.69. The molecule has 0 radical (unpaired) electrons. The van der Waals surface area contributed by atoms with Crippen LogP contribution in [-0.2, 0) is 0 Å². The lowest BCUT2D eigenvalue weighted by atomic mass is 10.2. The summed E-state index contributed by atoms with van der Waals surface area (Å²) in [4.78, 5) is 14.9. The molecule has 0 atom stereocenters. The van der Waals surface area contributed by atoms with E-state index in [0.29, 0.717) is 10.9 Å². The van der Waals surface area contributed by atoms with Crippen molar-refractivity contribution in [1.29, 1.82) is 0 Å². The summed E-state index contributed by atoms with van der Waals surface area (Å²) in [5.41, 5.74) is 0.187. The van der Waals surface area contributed by atoms with Crippen LogP contribution in [0.5, 0.6) is 0 Å². The third-order valence-corrected chi connectivity index (χ3v) is 3.10. The number of aromatic nitrogens is 1. The Labute approximate surface area is 104 Å². The van der Waals surface area contributed by atoms with Crippen LogP contribution in [0.1, 0.15) is 30.6 Å². The molecule has 0 aliphatic rings. The lowest BCUT2D eigenvalue weighted by Gasteiger charge is -2.05. The molecule has 3 nitrogen and oxygen atoms in total. The van der Waals surface area contributed by atoms with Crippen molar-refractivity contribution >= 4 is 29.3 Å². The minimum atomic E-state index is -0.977. The maximum atomic E-state index is 10.8. The third-order valence-electron chi connectivity index (χ3n) is 1.96. The number of carboxylic acids is 1. The topological polar surface area (TPSA) is 50.2 Å². The Bertz CT molecular complexity index is 382. The van der Waals surface area contributed by atoms with Gasteiger partial charge in [-0.1, -0.05) is 25.4 Å². The van der Waals surface area contributed by atoms with Gasteiger partial charge in [0.2, 0.25) is 0 Å². The number of aromatic carboxylic acids is 1. The van der Waals surface area contributed by atoms with Crippen molar-refractivity contribution in [1.82, 2.24) is 4.98 Å². The Morgan fingerprint density at radius 1 is 1.56 bits per heavy atom. The van der Waals surface area contributed by atoms with Crippen molar-refractivity contribution in [2.45, 2.75) is 25.3 Å². The van der Waals surface area contributed by atoms with Gasteiger partial charge in [-0.2, -0.15) is 0 Å². The maximum absolute atomic E-state index is 10.8. The van der Waals surface area contributed by atoms with Gasteiger partial charge in [-0.25, -0.2) is 9.78 Å². The highest BCUT2D eigenvalue weighted by molar-refractivity contribution is 7.99. The van der Waals surface area contributed by atoms with Gasteiger partial charge in [-0.3, -0.25) is 0 Å². The summed E-state index contributed by atoms with van der Waals surface area (Å²) < 4.78 is 0. The summed E-state index contributed by atoms with van der Waals surface area (Å²) in [6.07, 6.45) is 1.07. The molecule has 0 amide bonds. The molecular formula is C11H14ClNO2S. The standard InChI is InChI=1S/C11H14ClNO2S/c1-7(2)3-4-16-10-6-8(11(14)15)5-9(12)13-10/h5-7H,3-4H2,1-2H3,(H,14,15). The minimum Gasteiger partial charge on any atom is -0.478 e. The second-order valence-corrected chi connectivity index (χ2v) is 5.36. The van der Waals surface area contributed by atoms with Crippen molar-refractivity contribution in [2.24, 2.45) is 5.92 Å². The first-order chi connectivity index (χ1) is 7.49. The van der Waals surface area contributed by atoms with Crippen molar-refractivity contribution in [3.63, 3.8) is 0 Å². The van der Waals surface area contributed by atoms with E-state index in [-0.39, 0.29) is 10.7 Å². The summed E-state index contributed by atoms with van der Waals surface area (Å²) in [6.45, 7) is 4.29. The number of pyridine rings is 1. The molecule has 0 spiro atoms. The smallest absolute Gasteiger partial charge is 0.335 e. The van der Waals surface area contributed by atoms with E-state index in [4.69, 9.17) is 16.7 Å². The molecule has 1 aromatic rings. The molecule has 1 rings (SSSR count). The molecule has 0 bridgehead atoms. The molecular weight excluding hydrogens is 246 g/mol. The van der Waals surface area contributed by atoms with Crippen LogP contribution in [-0.4, -0.2) is 21.8 Å². The number of hydrogen-bond donors (Lipinski definition) is 1. The molecule has 88 valence electrons. The van der Waals surface area contributed by atoms with E-state index in [0.717, 1.165) is 12.2 Å². The zero-order valence-electron chi connectivity index (χ0n) is 9.24. The van der Waals surface area contributed by atoms with Crippen molar-refractivity contribution in [3.8, 4) is 0 Å². The normalized spacial score (nSPS) is 10.8. The summed E-state index contributed by atoms with van der Waals surface area (Å²) in [5.74, 6) is 0.574. The number of hydrogen-bond acceptors (Lipinski definition) is 3. The lowest BCUT2D eigenvalue weighted by Crippen LogP contribution is -1.98. The third kappa shape index (κ3) is 4.41. The summed E-state index contributed by atoms with van der Waals surface area (Å²) >= 11 is 7.28. The van der Waals surface area contributed by atoms with Crippen molar-refractivity contribution in [2.75, 3.05) is 5.75 Å². The second-order valence-electron chi connectivity index (χ2n) is 3.85. The molecule has 1 aromatic heterocycles. The predicted molar refractivity (Wildman–Crippen MR) is 66.4 cm³/mol. The SMILES string of the molecule is CC(C)CCSc1cc(C(=O)O)cc(Cl)n1. The number of rotatable bonds is 5. The van der Waals surface area contributed by atoms with Gasteiger partial charge in [-0.05, 0) is 30.2 Å².